The van der Waals surface area contributed by atoms with Crippen molar-refractivity contribution in [3.05, 3.63) is 35.9 Å². The highest BCUT2D eigenvalue weighted by Crippen LogP contribution is 2.22. The molecule has 70 valence electrons. The SMILES string of the molecule is NC(=O)[C@H](c1ccccc1)C(F)F. The van der Waals surface area contributed by atoms with Crippen LogP contribution in [0.2, 0.25) is 0 Å². The fourth-order valence-corrected chi connectivity index (χ4v) is 1.09. The second kappa shape index (κ2) is 3.98. The van der Waals surface area contributed by atoms with Gasteiger partial charge in [-0.05, 0) is 5.56 Å². The van der Waals surface area contributed by atoms with Crippen molar-refractivity contribution in [2.45, 2.75) is 12.3 Å². The Balaban J connectivity index is 2.96. The molecule has 0 fully saturated rings. The van der Waals surface area contributed by atoms with Crippen molar-refractivity contribution in [3.8, 4) is 0 Å². The molecule has 0 spiro atoms. The van der Waals surface area contributed by atoms with Crippen molar-refractivity contribution in [3.63, 3.8) is 0 Å². The third-order valence-corrected chi connectivity index (χ3v) is 1.72. The molecule has 0 bridgehead atoms. The van der Waals surface area contributed by atoms with Gasteiger partial charge in [0.1, 0.15) is 5.92 Å². The summed E-state index contributed by atoms with van der Waals surface area (Å²) in [6, 6.07) is 7.79. The van der Waals surface area contributed by atoms with Crippen LogP contribution in [0.4, 0.5) is 8.78 Å². The Hall–Kier alpha value is -1.45. The zero-order valence-corrected chi connectivity index (χ0v) is 6.78. The van der Waals surface area contributed by atoms with E-state index in [9.17, 15) is 13.6 Å². The summed E-state index contributed by atoms with van der Waals surface area (Å²) in [5, 5.41) is 0. The van der Waals surface area contributed by atoms with E-state index >= 15 is 0 Å². The standard InChI is InChI=1S/C9H9F2NO/c10-8(11)7(9(12)13)6-4-2-1-3-5-6/h1-5,7-8H,(H2,12,13)/t7-/m1/s1. The molecule has 1 aromatic rings. The Morgan fingerprint density at radius 1 is 1.23 bits per heavy atom. The molecule has 2 nitrogen and oxygen atoms in total. The van der Waals surface area contributed by atoms with E-state index in [4.69, 9.17) is 5.73 Å². The quantitative estimate of drug-likeness (QED) is 0.762. The van der Waals surface area contributed by atoms with Gasteiger partial charge in [0, 0.05) is 0 Å². The summed E-state index contributed by atoms with van der Waals surface area (Å²) in [7, 11) is 0. The molecule has 1 amide bonds. The number of hydrogen-bond donors (Lipinski definition) is 1. The molecule has 0 saturated carbocycles. The Kier molecular flexibility index (Phi) is 2.95. The first-order chi connectivity index (χ1) is 6.13. The van der Waals surface area contributed by atoms with Crippen molar-refractivity contribution in [1.29, 1.82) is 0 Å². The Labute approximate surface area is 74.4 Å². The van der Waals surface area contributed by atoms with E-state index in [2.05, 4.69) is 0 Å². The fourth-order valence-electron chi connectivity index (χ4n) is 1.09. The van der Waals surface area contributed by atoms with Crippen molar-refractivity contribution in [1.82, 2.24) is 0 Å². The lowest BCUT2D eigenvalue weighted by Gasteiger charge is -2.11. The van der Waals surface area contributed by atoms with Crippen LogP contribution < -0.4 is 5.73 Å². The summed E-state index contributed by atoms with van der Waals surface area (Å²) < 4.78 is 24.7. The van der Waals surface area contributed by atoms with Gasteiger partial charge in [0.25, 0.3) is 6.43 Å². The van der Waals surface area contributed by atoms with E-state index in [0.29, 0.717) is 0 Å². The van der Waals surface area contributed by atoms with E-state index in [1.807, 2.05) is 0 Å². The number of amides is 1. The summed E-state index contributed by atoms with van der Waals surface area (Å²) in [5.74, 6) is -2.50. The van der Waals surface area contributed by atoms with E-state index in [0.717, 1.165) is 0 Å². The average Bonchev–Trinajstić information content (AvgIpc) is 2.04. The molecule has 2 N–H and O–H groups in total. The highest BCUT2D eigenvalue weighted by atomic mass is 19.3. The number of alkyl halides is 2. The lowest BCUT2D eigenvalue weighted by molar-refractivity contribution is -0.122. The maximum atomic E-state index is 12.3. The molecule has 0 aliphatic carbocycles. The molecule has 1 atom stereocenters. The monoisotopic (exact) mass is 185 g/mol. The average molecular weight is 185 g/mol. The van der Waals surface area contributed by atoms with Gasteiger partial charge < -0.3 is 5.73 Å². The smallest absolute Gasteiger partial charge is 0.254 e. The van der Waals surface area contributed by atoms with Gasteiger partial charge in [0.05, 0.1) is 0 Å². The summed E-state index contributed by atoms with van der Waals surface area (Å²) >= 11 is 0. The van der Waals surface area contributed by atoms with Gasteiger partial charge >= 0.3 is 0 Å². The highest BCUT2D eigenvalue weighted by Gasteiger charge is 2.27. The largest absolute Gasteiger partial charge is 0.369 e. The van der Waals surface area contributed by atoms with Crippen molar-refractivity contribution in [2.24, 2.45) is 5.73 Å². The Morgan fingerprint density at radius 2 is 1.77 bits per heavy atom. The molecular formula is C9H9F2NO. The van der Waals surface area contributed by atoms with E-state index in [1.165, 1.54) is 12.1 Å². The van der Waals surface area contributed by atoms with Crippen LogP contribution in [-0.4, -0.2) is 12.3 Å². The van der Waals surface area contributed by atoms with Crippen LogP contribution in [0.3, 0.4) is 0 Å². The minimum Gasteiger partial charge on any atom is -0.369 e. The van der Waals surface area contributed by atoms with E-state index in [-0.39, 0.29) is 5.56 Å². The third kappa shape index (κ3) is 2.24. The van der Waals surface area contributed by atoms with Gasteiger partial charge in [0.15, 0.2) is 0 Å². The second-order valence-electron chi connectivity index (χ2n) is 2.63. The van der Waals surface area contributed by atoms with Gasteiger partial charge in [-0.15, -0.1) is 0 Å². The zero-order valence-electron chi connectivity index (χ0n) is 6.78. The number of rotatable bonds is 3. The van der Waals surface area contributed by atoms with Crippen molar-refractivity contribution >= 4 is 5.91 Å². The Bertz CT molecular complexity index is 287. The third-order valence-electron chi connectivity index (χ3n) is 1.72. The molecule has 0 aromatic heterocycles. The summed E-state index contributed by atoms with van der Waals surface area (Å²) in [6.07, 6.45) is -2.75. The molecular weight excluding hydrogens is 176 g/mol. The first-order valence-corrected chi connectivity index (χ1v) is 3.75. The molecule has 1 rings (SSSR count). The molecule has 0 radical (unpaired) electrons. The maximum Gasteiger partial charge on any atom is 0.254 e. The molecule has 0 aliphatic rings. The summed E-state index contributed by atoms with van der Waals surface area (Å²) in [6.45, 7) is 0. The zero-order chi connectivity index (χ0) is 9.84. The van der Waals surface area contributed by atoms with Gasteiger partial charge in [-0.3, -0.25) is 4.79 Å². The number of nitrogens with two attached hydrogens (primary N) is 1. The molecule has 4 heteroatoms. The van der Waals surface area contributed by atoms with Crippen LogP contribution in [0, 0.1) is 0 Å². The van der Waals surface area contributed by atoms with Crippen LogP contribution in [-0.2, 0) is 4.79 Å². The van der Waals surface area contributed by atoms with Gasteiger partial charge in [0.2, 0.25) is 5.91 Å². The molecule has 1 aromatic carbocycles. The summed E-state index contributed by atoms with van der Waals surface area (Å²) in [5.41, 5.74) is 5.11. The number of carbonyl (C=O) groups is 1. The van der Waals surface area contributed by atoms with Crippen LogP contribution in [0.15, 0.2) is 30.3 Å². The number of benzene rings is 1. The molecule has 0 heterocycles. The van der Waals surface area contributed by atoms with E-state index < -0.39 is 18.3 Å². The van der Waals surface area contributed by atoms with Crippen LogP contribution in [0.1, 0.15) is 11.5 Å². The lowest BCUT2D eigenvalue weighted by atomic mass is 9.99. The number of hydrogen-bond acceptors (Lipinski definition) is 1. The van der Waals surface area contributed by atoms with Crippen molar-refractivity contribution in [2.75, 3.05) is 0 Å². The van der Waals surface area contributed by atoms with Gasteiger partial charge in [-0.2, -0.15) is 0 Å². The normalized spacial score (nSPS) is 12.8. The molecule has 0 unspecified atom stereocenters. The number of carbonyl (C=O) groups excluding carboxylic acids is 1. The summed E-state index contributed by atoms with van der Waals surface area (Å²) in [4.78, 5) is 10.7. The maximum absolute atomic E-state index is 12.3. The van der Waals surface area contributed by atoms with Gasteiger partial charge in [-0.1, -0.05) is 30.3 Å². The second-order valence-corrected chi connectivity index (χ2v) is 2.63. The first kappa shape index (κ1) is 9.64. The minimum absolute atomic E-state index is 0.255. The van der Waals surface area contributed by atoms with E-state index in [1.54, 1.807) is 18.2 Å². The molecule has 0 aliphatic heterocycles. The predicted molar refractivity (Wildman–Crippen MR) is 44.4 cm³/mol. The van der Waals surface area contributed by atoms with Crippen LogP contribution >= 0.6 is 0 Å². The fraction of sp³-hybridized carbons (Fsp3) is 0.222. The first-order valence-electron chi connectivity index (χ1n) is 3.75. The van der Waals surface area contributed by atoms with Crippen molar-refractivity contribution < 1.29 is 13.6 Å². The lowest BCUT2D eigenvalue weighted by Crippen LogP contribution is -2.26. The van der Waals surface area contributed by atoms with Crippen LogP contribution in [0.25, 0.3) is 0 Å². The van der Waals surface area contributed by atoms with Gasteiger partial charge in [-0.25, -0.2) is 8.78 Å². The van der Waals surface area contributed by atoms with Crippen LogP contribution in [0.5, 0.6) is 0 Å². The minimum atomic E-state index is -2.75. The molecule has 13 heavy (non-hydrogen) atoms. The number of halogens is 2. The predicted octanol–water partition coefficient (Wildman–Crippen LogP) is 1.52. The Morgan fingerprint density at radius 3 is 2.15 bits per heavy atom. The highest BCUT2D eigenvalue weighted by molar-refractivity contribution is 5.82. The molecule has 0 saturated heterocycles. The topological polar surface area (TPSA) is 43.1 Å². The number of primary amides is 1.